The largest absolute Gasteiger partial charge is 0.369 e. The molecule has 0 amide bonds. The molecule has 0 fully saturated rings. The van der Waals surface area contributed by atoms with Crippen LogP contribution in [0.3, 0.4) is 0 Å². The molecule has 0 spiro atoms. The predicted octanol–water partition coefficient (Wildman–Crippen LogP) is 4.11. The van der Waals surface area contributed by atoms with Gasteiger partial charge in [-0.05, 0) is 36.1 Å². The molecule has 2 aromatic heterocycles. The SMILES string of the molecule is NC(=Nc1cc(CCc2ccc(-c3ccccc3)c(F)c2)no1)Nc1ncccn1. The molecule has 4 aromatic rings. The third-order valence-corrected chi connectivity index (χ3v) is 4.37. The van der Waals surface area contributed by atoms with Crippen molar-refractivity contribution in [2.24, 2.45) is 10.7 Å². The maximum Gasteiger partial charge on any atom is 0.253 e. The van der Waals surface area contributed by atoms with Gasteiger partial charge in [0.25, 0.3) is 5.88 Å². The highest BCUT2D eigenvalue weighted by molar-refractivity contribution is 5.91. The van der Waals surface area contributed by atoms with Crippen LogP contribution in [0.4, 0.5) is 16.2 Å². The summed E-state index contributed by atoms with van der Waals surface area (Å²) in [7, 11) is 0. The van der Waals surface area contributed by atoms with E-state index in [4.69, 9.17) is 10.3 Å². The van der Waals surface area contributed by atoms with E-state index in [0.717, 1.165) is 11.1 Å². The van der Waals surface area contributed by atoms with E-state index >= 15 is 0 Å². The summed E-state index contributed by atoms with van der Waals surface area (Å²) in [6, 6.07) is 18.1. The van der Waals surface area contributed by atoms with Crippen LogP contribution in [0.15, 0.2) is 82.6 Å². The Morgan fingerprint density at radius 2 is 1.80 bits per heavy atom. The average molecular weight is 402 g/mol. The lowest BCUT2D eigenvalue weighted by Crippen LogP contribution is -2.23. The minimum absolute atomic E-state index is 0.0856. The molecular weight excluding hydrogens is 383 g/mol. The Balaban J connectivity index is 1.37. The van der Waals surface area contributed by atoms with Crippen molar-refractivity contribution < 1.29 is 8.91 Å². The summed E-state index contributed by atoms with van der Waals surface area (Å²) in [4.78, 5) is 12.1. The first-order valence-corrected chi connectivity index (χ1v) is 9.35. The maximum atomic E-state index is 14.5. The smallest absolute Gasteiger partial charge is 0.253 e. The van der Waals surface area contributed by atoms with Crippen LogP contribution in [-0.4, -0.2) is 21.1 Å². The number of guanidine groups is 1. The van der Waals surface area contributed by atoms with Gasteiger partial charge < -0.3 is 10.3 Å². The molecule has 0 atom stereocenters. The number of aliphatic imine (C=N–C) groups is 1. The number of aromatic nitrogens is 3. The standard InChI is InChI=1S/C22H19FN6O/c23-19-13-15(8-10-18(19)16-5-2-1-3-6-16)7-9-17-14-20(30-29-17)27-21(24)28-22-25-11-4-12-26-22/h1-6,8,10-14H,7,9H2,(H3,24,25,26,27,28). The van der Waals surface area contributed by atoms with Crippen LogP contribution in [0.2, 0.25) is 0 Å². The molecule has 7 nitrogen and oxygen atoms in total. The Morgan fingerprint density at radius 3 is 2.57 bits per heavy atom. The monoisotopic (exact) mass is 402 g/mol. The molecule has 4 rings (SSSR count). The maximum absolute atomic E-state index is 14.5. The number of benzene rings is 2. The van der Waals surface area contributed by atoms with Gasteiger partial charge >= 0.3 is 0 Å². The summed E-state index contributed by atoms with van der Waals surface area (Å²) in [5.41, 5.74) is 8.84. The topological polar surface area (TPSA) is 102 Å². The number of nitrogens with one attached hydrogen (secondary N) is 1. The van der Waals surface area contributed by atoms with Crippen LogP contribution in [0, 0.1) is 5.82 Å². The molecule has 0 aliphatic rings. The highest BCUT2D eigenvalue weighted by Gasteiger charge is 2.08. The van der Waals surface area contributed by atoms with Crippen LogP contribution in [0.5, 0.6) is 0 Å². The summed E-state index contributed by atoms with van der Waals surface area (Å²) in [5.74, 6) is 0.435. The lowest BCUT2D eigenvalue weighted by atomic mass is 10.0. The summed E-state index contributed by atoms with van der Waals surface area (Å²) in [6.07, 6.45) is 4.38. The van der Waals surface area contributed by atoms with Crippen LogP contribution in [0.25, 0.3) is 11.1 Å². The van der Waals surface area contributed by atoms with Crippen LogP contribution >= 0.6 is 0 Å². The van der Waals surface area contributed by atoms with E-state index in [1.807, 2.05) is 36.4 Å². The number of hydrogen-bond donors (Lipinski definition) is 2. The molecule has 0 unspecified atom stereocenters. The van der Waals surface area contributed by atoms with Crippen LogP contribution in [-0.2, 0) is 12.8 Å². The van der Waals surface area contributed by atoms with Crippen molar-refractivity contribution in [3.05, 3.63) is 90.1 Å². The Bertz CT molecular complexity index is 1140. The average Bonchev–Trinajstić information content (AvgIpc) is 3.21. The van der Waals surface area contributed by atoms with E-state index in [0.29, 0.717) is 30.0 Å². The Morgan fingerprint density at radius 1 is 1.00 bits per heavy atom. The number of rotatable bonds is 6. The van der Waals surface area contributed by atoms with Crippen molar-refractivity contribution in [1.29, 1.82) is 0 Å². The molecule has 2 aromatic carbocycles. The molecule has 150 valence electrons. The van der Waals surface area contributed by atoms with Crippen molar-refractivity contribution in [2.75, 3.05) is 5.32 Å². The first-order valence-electron chi connectivity index (χ1n) is 9.35. The lowest BCUT2D eigenvalue weighted by Gasteiger charge is -2.06. The van der Waals surface area contributed by atoms with Gasteiger partial charge in [0.15, 0.2) is 0 Å². The normalized spacial score (nSPS) is 11.4. The molecule has 0 aliphatic heterocycles. The molecule has 0 saturated heterocycles. The molecular formula is C22H19FN6O. The highest BCUT2D eigenvalue weighted by atomic mass is 19.1. The second-order valence-corrected chi connectivity index (χ2v) is 6.53. The molecule has 0 saturated carbocycles. The fourth-order valence-electron chi connectivity index (χ4n) is 2.93. The van der Waals surface area contributed by atoms with E-state index in [2.05, 4.69) is 25.4 Å². The number of aryl methyl sites for hydroxylation is 2. The predicted molar refractivity (Wildman–Crippen MR) is 113 cm³/mol. The number of anilines is 1. The van der Waals surface area contributed by atoms with Crippen LogP contribution < -0.4 is 11.1 Å². The fraction of sp³-hybridized carbons (Fsp3) is 0.0909. The van der Waals surface area contributed by atoms with Crippen molar-refractivity contribution in [3.8, 4) is 11.1 Å². The Hall–Kier alpha value is -4.07. The van der Waals surface area contributed by atoms with E-state index < -0.39 is 0 Å². The first kappa shape index (κ1) is 19.3. The molecule has 3 N–H and O–H groups in total. The zero-order valence-corrected chi connectivity index (χ0v) is 16.0. The van der Waals surface area contributed by atoms with E-state index in [-0.39, 0.29) is 17.7 Å². The number of nitrogens with two attached hydrogens (primary N) is 1. The van der Waals surface area contributed by atoms with E-state index in [1.165, 1.54) is 0 Å². The Kier molecular flexibility index (Phi) is 5.75. The van der Waals surface area contributed by atoms with Gasteiger partial charge in [0, 0.05) is 24.0 Å². The van der Waals surface area contributed by atoms with Crippen molar-refractivity contribution in [3.63, 3.8) is 0 Å². The van der Waals surface area contributed by atoms with Gasteiger partial charge in [-0.1, -0.05) is 47.6 Å². The highest BCUT2D eigenvalue weighted by Crippen LogP contribution is 2.24. The number of nitrogens with zero attached hydrogens (tertiary/aromatic N) is 4. The second-order valence-electron chi connectivity index (χ2n) is 6.53. The van der Waals surface area contributed by atoms with Gasteiger partial charge in [0.2, 0.25) is 11.9 Å². The van der Waals surface area contributed by atoms with E-state index in [1.54, 1.807) is 36.7 Å². The lowest BCUT2D eigenvalue weighted by molar-refractivity contribution is 0.421. The summed E-state index contributed by atoms with van der Waals surface area (Å²) in [5, 5.41) is 6.75. The minimum Gasteiger partial charge on any atom is -0.369 e. The number of halogens is 1. The molecule has 0 radical (unpaired) electrons. The number of hydrogen-bond acceptors (Lipinski definition) is 5. The van der Waals surface area contributed by atoms with Gasteiger partial charge in [-0.2, -0.15) is 4.99 Å². The Labute approximate surface area is 172 Å². The zero-order valence-electron chi connectivity index (χ0n) is 16.0. The second kappa shape index (κ2) is 8.95. The summed E-state index contributed by atoms with van der Waals surface area (Å²) < 4.78 is 19.7. The molecule has 8 heteroatoms. The molecule has 30 heavy (non-hydrogen) atoms. The van der Waals surface area contributed by atoms with Gasteiger partial charge in [-0.25, -0.2) is 14.4 Å². The molecule has 0 bridgehead atoms. The first-order chi connectivity index (χ1) is 14.7. The quantitative estimate of drug-likeness (QED) is 0.372. The van der Waals surface area contributed by atoms with Gasteiger partial charge in [-0.15, -0.1) is 0 Å². The van der Waals surface area contributed by atoms with Crippen molar-refractivity contribution >= 4 is 17.8 Å². The van der Waals surface area contributed by atoms with Gasteiger partial charge in [0.1, 0.15) is 5.82 Å². The van der Waals surface area contributed by atoms with Crippen molar-refractivity contribution in [1.82, 2.24) is 15.1 Å². The van der Waals surface area contributed by atoms with E-state index in [9.17, 15) is 4.39 Å². The summed E-state index contributed by atoms with van der Waals surface area (Å²) >= 11 is 0. The van der Waals surface area contributed by atoms with Crippen LogP contribution in [0.1, 0.15) is 11.3 Å². The third kappa shape index (κ3) is 4.85. The minimum atomic E-state index is -0.244. The zero-order chi connectivity index (χ0) is 20.8. The molecule has 2 heterocycles. The van der Waals surface area contributed by atoms with Gasteiger partial charge in [0.05, 0.1) is 5.69 Å². The van der Waals surface area contributed by atoms with Crippen molar-refractivity contribution in [2.45, 2.75) is 12.8 Å². The third-order valence-electron chi connectivity index (χ3n) is 4.37. The fourth-order valence-corrected chi connectivity index (χ4v) is 2.93. The van der Waals surface area contributed by atoms with Gasteiger partial charge in [-0.3, -0.25) is 5.32 Å². The molecule has 0 aliphatic carbocycles. The summed E-state index contributed by atoms with van der Waals surface area (Å²) in [6.45, 7) is 0.